The molecule has 1 aliphatic heterocycles. The molecule has 0 bridgehead atoms. The van der Waals surface area contributed by atoms with Gasteiger partial charge in [0.1, 0.15) is 0 Å². The van der Waals surface area contributed by atoms with E-state index in [1.807, 2.05) is 0 Å². The van der Waals surface area contributed by atoms with Gasteiger partial charge in [-0.15, -0.1) is 0 Å². The number of rotatable bonds is 2. The van der Waals surface area contributed by atoms with Crippen molar-refractivity contribution >= 4 is 11.7 Å². The second-order valence-corrected chi connectivity index (χ2v) is 3.03. The summed E-state index contributed by atoms with van der Waals surface area (Å²) in [7, 11) is 0. The van der Waals surface area contributed by atoms with Crippen molar-refractivity contribution in [2.45, 2.75) is 12.5 Å². The standard InChI is InChI=1S/C7H10N4O3/c8-6-5(10-14-11-6)7(12)9-4-1-2-13-3-4/h4H,1-3H2,(H2,8,11)(H,9,12). The molecule has 0 saturated carbocycles. The minimum absolute atomic E-state index is 0.00131. The van der Waals surface area contributed by atoms with E-state index >= 15 is 0 Å². The zero-order valence-electron chi connectivity index (χ0n) is 7.40. The fourth-order valence-electron chi connectivity index (χ4n) is 1.26. The first-order valence-electron chi connectivity index (χ1n) is 4.24. The average Bonchev–Trinajstić information content (AvgIpc) is 2.75. The lowest BCUT2D eigenvalue weighted by Gasteiger charge is -2.07. The van der Waals surface area contributed by atoms with Gasteiger partial charge in [-0.2, -0.15) is 0 Å². The van der Waals surface area contributed by atoms with Gasteiger partial charge in [0.15, 0.2) is 0 Å². The fourth-order valence-corrected chi connectivity index (χ4v) is 1.26. The minimum Gasteiger partial charge on any atom is -0.379 e. The van der Waals surface area contributed by atoms with Gasteiger partial charge in [0.25, 0.3) is 5.91 Å². The van der Waals surface area contributed by atoms with Gasteiger partial charge >= 0.3 is 0 Å². The maximum Gasteiger partial charge on any atom is 0.277 e. The molecule has 1 amide bonds. The first kappa shape index (κ1) is 8.95. The normalized spacial score (nSPS) is 21.0. The van der Waals surface area contributed by atoms with Crippen LogP contribution in [-0.2, 0) is 4.74 Å². The van der Waals surface area contributed by atoms with E-state index in [0.717, 1.165) is 6.42 Å². The molecule has 0 spiro atoms. The van der Waals surface area contributed by atoms with Gasteiger partial charge in [0.2, 0.25) is 11.5 Å². The van der Waals surface area contributed by atoms with E-state index in [4.69, 9.17) is 10.5 Å². The number of nitrogens with one attached hydrogen (secondary N) is 1. The molecule has 1 fully saturated rings. The SMILES string of the molecule is Nc1nonc1C(=O)NC1CCOC1. The van der Waals surface area contributed by atoms with Crippen LogP contribution < -0.4 is 11.1 Å². The Bertz CT molecular complexity index is 331. The second kappa shape index (κ2) is 3.62. The van der Waals surface area contributed by atoms with E-state index in [1.165, 1.54) is 0 Å². The number of aromatic nitrogens is 2. The average molecular weight is 198 g/mol. The Balaban J connectivity index is 1.98. The number of nitrogens with zero attached hydrogens (tertiary/aromatic N) is 2. The van der Waals surface area contributed by atoms with Gasteiger partial charge < -0.3 is 15.8 Å². The van der Waals surface area contributed by atoms with Crippen molar-refractivity contribution in [2.24, 2.45) is 0 Å². The van der Waals surface area contributed by atoms with E-state index in [1.54, 1.807) is 0 Å². The Hall–Kier alpha value is -1.63. The summed E-state index contributed by atoms with van der Waals surface area (Å²) in [6.07, 6.45) is 0.803. The number of nitrogen functional groups attached to an aromatic ring is 1. The Labute approximate surface area is 79.6 Å². The highest BCUT2D eigenvalue weighted by atomic mass is 16.6. The first-order valence-corrected chi connectivity index (χ1v) is 4.24. The molecular formula is C7H10N4O3. The van der Waals surface area contributed by atoms with Crippen molar-refractivity contribution < 1.29 is 14.2 Å². The Morgan fingerprint density at radius 1 is 1.57 bits per heavy atom. The molecule has 76 valence electrons. The van der Waals surface area contributed by atoms with Crippen molar-refractivity contribution in [3.8, 4) is 0 Å². The Morgan fingerprint density at radius 3 is 3.00 bits per heavy atom. The number of anilines is 1. The van der Waals surface area contributed by atoms with Gasteiger partial charge in [-0.3, -0.25) is 4.79 Å². The molecule has 7 heteroatoms. The molecule has 7 nitrogen and oxygen atoms in total. The molecule has 0 aromatic carbocycles. The second-order valence-electron chi connectivity index (χ2n) is 3.03. The summed E-state index contributed by atoms with van der Waals surface area (Å²) in [5.74, 6) is -0.374. The van der Waals surface area contributed by atoms with Gasteiger partial charge in [-0.05, 0) is 16.7 Å². The van der Waals surface area contributed by atoms with Gasteiger partial charge in [0, 0.05) is 6.61 Å². The number of ether oxygens (including phenoxy) is 1. The van der Waals surface area contributed by atoms with Gasteiger partial charge in [0.05, 0.1) is 12.6 Å². The van der Waals surface area contributed by atoms with Crippen LogP contribution in [0.5, 0.6) is 0 Å². The quantitative estimate of drug-likeness (QED) is 0.642. The summed E-state index contributed by atoms with van der Waals surface area (Å²) in [6.45, 7) is 1.19. The molecule has 1 saturated heterocycles. The lowest BCUT2D eigenvalue weighted by Crippen LogP contribution is -2.35. The fraction of sp³-hybridized carbons (Fsp3) is 0.571. The summed E-state index contributed by atoms with van der Waals surface area (Å²) in [5.41, 5.74) is 5.38. The molecular weight excluding hydrogens is 188 g/mol. The van der Waals surface area contributed by atoms with E-state index < -0.39 is 0 Å². The summed E-state index contributed by atoms with van der Waals surface area (Å²) >= 11 is 0. The maximum absolute atomic E-state index is 11.5. The number of amides is 1. The number of nitrogens with two attached hydrogens (primary N) is 1. The van der Waals surface area contributed by atoms with Crippen molar-refractivity contribution in [1.29, 1.82) is 0 Å². The number of hydrogen-bond donors (Lipinski definition) is 2. The predicted octanol–water partition coefficient (Wildman–Crippen LogP) is -0.830. The lowest BCUT2D eigenvalue weighted by atomic mass is 10.2. The first-order chi connectivity index (χ1) is 6.77. The molecule has 2 rings (SSSR count). The minimum atomic E-state index is -0.376. The van der Waals surface area contributed by atoms with Crippen LogP contribution in [0.15, 0.2) is 4.63 Å². The number of carbonyl (C=O) groups is 1. The maximum atomic E-state index is 11.5. The highest BCUT2D eigenvalue weighted by Gasteiger charge is 2.22. The van der Waals surface area contributed by atoms with Crippen LogP contribution in [0.3, 0.4) is 0 Å². The van der Waals surface area contributed by atoms with Crippen LogP contribution in [0, 0.1) is 0 Å². The van der Waals surface area contributed by atoms with Gasteiger partial charge in [-0.25, -0.2) is 4.63 Å². The number of hydrogen-bond acceptors (Lipinski definition) is 6. The molecule has 1 atom stereocenters. The van der Waals surface area contributed by atoms with Crippen molar-refractivity contribution in [1.82, 2.24) is 15.6 Å². The van der Waals surface area contributed by atoms with Crippen LogP contribution in [-0.4, -0.2) is 35.5 Å². The molecule has 0 aliphatic carbocycles. The van der Waals surface area contributed by atoms with Crippen molar-refractivity contribution in [3.63, 3.8) is 0 Å². The van der Waals surface area contributed by atoms with Crippen LogP contribution in [0.4, 0.5) is 5.82 Å². The van der Waals surface area contributed by atoms with E-state index in [0.29, 0.717) is 13.2 Å². The molecule has 3 N–H and O–H groups in total. The zero-order valence-corrected chi connectivity index (χ0v) is 7.40. The molecule has 1 aromatic rings. The summed E-state index contributed by atoms with van der Waals surface area (Å²) in [6, 6.07) is 0.0265. The Kier molecular flexibility index (Phi) is 2.32. The third kappa shape index (κ3) is 1.67. The molecule has 14 heavy (non-hydrogen) atoms. The van der Waals surface area contributed by atoms with Crippen LogP contribution >= 0.6 is 0 Å². The smallest absolute Gasteiger partial charge is 0.277 e. The summed E-state index contributed by atoms with van der Waals surface area (Å²) < 4.78 is 9.41. The number of carbonyl (C=O) groups excluding carboxylic acids is 1. The topological polar surface area (TPSA) is 103 Å². The highest BCUT2D eigenvalue weighted by Crippen LogP contribution is 2.07. The predicted molar refractivity (Wildman–Crippen MR) is 45.4 cm³/mol. The van der Waals surface area contributed by atoms with Crippen molar-refractivity contribution in [2.75, 3.05) is 18.9 Å². The third-order valence-corrected chi connectivity index (χ3v) is 1.99. The summed E-state index contributed by atoms with van der Waals surface area (Å²) in [4.78, 5) is 11.5. The van der Waals surface area contributed by atoms with Crippen LogP contribution in [0.2, 0.25) is 0 Å². The van der Waals surface area contributed by atoms with E-state index in [-0.39, 0.29) is 23.5 Å². The van der Waals surface area contributed by atoms with Crippen molar-refractivity contribution in [3.05, 3.63) is 5.69 Å². The molecule has 1 unspecified atom stereocenters. The molecule has 0 radical (unpaired) electrons. The molecule has 1 aliphatic rings. The van der Waals surface area contributed by atoms with E-state index in [9.17, 15) is 4.79 Å². The molecule has 1 aromatic heterocycles. The van der Waals surface area contributed by atoms with Gasteiger partial charge in [-0.1, -0.05) is 0 Å². The lowest BCUT2D eigenvalue weighted by molar-refractivity contribution is 0.0920. The van der Waals surface area contributed by atoms with Crippen LogP contribution in [0.1, 0.15) is 16.9 Å². The van der Waals surface area contributed by atoms with Crippen LogP contribution in [0.25, 0.3) is 0 Å². The zero-order chi connectivity index (χ0) is 9.97. The largest absolute Gasteiger partial charge is 0.379 e. The van der Waals surface area contributed by atoms with E-state index in [2.05, 4.69) is 20.3 Å². The summed E-state index contributed by atoms with van der Waals surface area (Å²) in [5, 5.41) is 9.42. The molecule has 2 heterocycles. The highest BCUT2D eigenvalue weighted by molar-refractivity contribution is 5.96. The Morgan fingerprint density at radius 2 is 2.43 bits per heavy atom. The monoisotopic (exact) mass is 198 g/mol. The third-order valence-electron chi connectivity index (χ3n) is 1.99.